The first-order valence-electron chi connectivity index (χ1n) is 11.0. The number of anilines is 1. The highest BCUT2D eigenvalue weighted by atomic mass is 16.6. The molecule has 0 fully saturated rings. The van der Waals surface area contributed by atoms with Crippen LogP contribution in [-0.2, 0) is 19.1 Å². The minimum absolute atomic E-state index is 0.0165. The Hall–Kier alpha value is -4.35. The molecule has 1 aliphatic rings. The number of nitrogens with zero attached hydrogens (tertiary/aromatic N) is 1. The van der Waals surface area contributed by atoms with Crippen LogP contribution in [0.4, 0.5) is 16.2 Å². The molecule has 1 aromatic carbocycles. The van der Waals surface area contributed by atoms with E-state index in [1.54, 1.807) is 44.2 Å². The summed E-state index contributed by atoms with van der Waals surface area (Å²) in [6, 6.07) is 8.04. The quantitative estimate of drug-likeness (QED) is 0.187. The number of esters is 2. The predicted octanol–water partition coefficient (Wildman–Crippen LogP) is 3.10. The molecule has 2 amide bonds. The van der Waals surface area contributed by atoms with Crippen LogP contribution < -0.4 is 16.0 Å². The highest BCUT2D eigenvalue weighted by Crippen LogP contribution is 2.29. The monoisotopic (exact) mass is 486 g/mol. The molecule has 2 aromatic rings. The van der Waals surface area contributed by atoms with Crippen molar-refractivity contribution in [2.75, 3.05) is 25.1 Å². The molecule has 1 unspecified atom stereocenters. The van der Waals surface area contributed by atoms with Crippen LogP contribution >= 0.6 is 0 Å². The Morgan fingerprint density at radius 1 is 1.20 bits per heavy atom. The molecule has 12 heteroatoms. The summed E-state index contributed by atoms with van der Waals surface area (Å²) < 4.78 is 16.0. The second kappa shape index (κ2) is 11.7. The Morgan fingerprint density at radius 3 is 2.66 bits per heavy atom. The number of hydrogen-bond acceptors (Lipinski definition) is 9. The van der Waals surface area contributed by atoms with Crippen molar-refractivity contribution in [2.45, 2.75) is 32.7 Å². The molecular weight excluding hydrogens is 460 g/mol. The number of amides is 2. The van der Waals surface area contributed by atoms with Gasteiger partial charge in [-0.05, 0) is 38.5 Å². The fraction of sp³-hybridized carbons (Fsp3) is 0.348. The van der Waals surface area contributed by atoms with Crippen LogP contribution in [0.2, 0.25) is 0 Å². The topological polar surface area (TPSA) is 162 Å². The molecule has 12 nitrogen and oxygen atoms in total. The maximum absolute atomic E-state index is 12.7. The number of aryl methyl sites for hydroxylation is 1. The molecule has 3 rings (SSSR count). The molecule has 3 N–H and O–H groups in total. The molecule has 35 heavy (non-hydrogen) atoms. The largest absolute Gasteiger partial charge is 0.464 e. The van der Waals surface area contributed by atoms with Gasteiger partial charge in [0.2, 0.25) is 0 Å². The maximum Gasteiger partial charge on any atom is 0.338 e. The van der Waals surface area contributed by atoms with Crippen molar-refractivity contribution in [3.63, 3.8) is 0 Å². The molecule has 0 saturated carbocycles. The van der Waals surface area contributed by atoms with E-state index in [4.69, 9.17) is 13.9 Å². The molecule has 186 valence electrons. The predicted molar refractivity (Wildman–Crippen MR) is 123 cm³/mol. The molecule has 1 aromatic heterocycles. The molecular formula is C23H26N4O8. The number of para-hydroxylation sites is 2. The van der Waals surface area contributed by atoms with E-state index < -0.39 is 28.9 Å². The molecule has 0 saturated heterocycles. The van der Waals surface area contributed by atoms with E-state index in [0.29, 0.717) is 30.2 Å². The first-order valence-corrected chi connectivity index (χ1v) is 11.0. The Morgan fingerprint density at radius 2 is 1.97 bits per heavy atom. The van der Waals surface area contributed by atoms with Crippen LogP contribution in [0.5, 0.6) is 0 Å². The molecule has 0 radical (unpaired) electrons. The van der Waals surface area contributed by atoms with Crippen molar-refractivity contribution < 1.29 is 33.2 Å². The van der Waals surface area contributed by atoms with Crippen molar-refractivity contribution >= 4 is 29.3 Å². The minimum Gasteiger partial charge on any atom is -0.464 e. The molecule has 0 spiro atoms. The van der Waals surface area contributed by atoms with Gasteiger partial charge >= 0.3 is 18.0 Å². The van der Waals surface area contributed by atoms with Crippen LogP contribution in [0.15, 0.2) is 52.1 Å². The van der Waals surface area contributed by atoms with Crippen molar-refractivity contribution in [3.05, 3.63) is 69.3 Å². The summed E-state index contributed by atoms with van der Waals surface area (Å²) in [6.07, 6.45) is 0.361. The van der Waals surface area contributed by atoms with Gasteiger partial charge in [0.25, 0.3) is 5.69 Å². The lowest BCUT2D eigenvalue weighted by Crippen LogP contribution is -2.47. The first-order chi connectivity index (χ1) is 16.8. The summed E-state index contributed by atoms with van der Waals surface area (Å²) in [5.74, 6) is -0.314. The Kier molecular flexibility index (Phi) is 8.43. The van der Waals surface area contributed by atoms with E-state index >= 15 is 0 Å². The Balaban J connectivity index is 1.62. The summed E-state index contributed by atoms with van der Waals surface area (Å²) >= 11 is 0. The minimum atomic E-state index is -0.906. The number of nitrogens with one attached hydrogen (secondary N) is 3. The SMILES string of the molecule is CCOC(=O)C1=C(COC(=O)CCCNc2ccccc2[N+](=O)[O-])NC(=O)NC1c1ccc(C)o1. The number of furan rings is 1. The summed E-state index contributed by atoms with van der Waals surface area (Å²) in [4.78, 5) is 47.7. The number of benzene rings is 1. The Labute approximate surface area is 200 Å². The normalized spacial score (nSPS) is 15.1. The van der Waals surface area contributed by atoms with Gasteiger partial charge in [-0.1, -0.05) is 12.1 Å². The first kappa shape index (κ1) is 25.3. The summed E-state index contributed by atoms with van der Waals surface area (Å²) in [6.45, 7) is 3.44. The van der Waals surface area contributed by atoms with Crippen molar-refractivity contribution in [3.8, 4) is 0 Å². The van der Waals surface area contributed by atoms with E-state index in [0.717, 1.165) is 0 Å². The number of hydrogen-bond donors (Lipinski definition) is 3. The van der Waals surface area contributed by atoms with Gasteiger partial charge in [-0.25, -0.2) is 9.59 Å². The van der Waals surface area contributed by atoms with E-state index in [1.807, 2.05) is 0 Å². The number of carbonyl (C=O) groups is 3. The van der Waals surface area contributed by atoms with E-state index in [-0.39, 0.29) is 36.6 Å². The zero-order valence-corrected chi connectivity index (χ0v) is 19.3. The number of nitro groups is 1. The van der Waals surface area contributed by atoms with Crippen LogP contribution in [0.1, 0.15) is 37.3 Å². The molecule has 1 atom stereocenters. The zero-order chi connectivity index (χ0) is 25.4. The van der Waals surface area contributed by atoms with Crippen LogP contribution in [-0.4, -0.2) is 42.7 Å². The van der Waals surface area contributed by atoms with Gasteiger partial charge in [-0.2, -0.15) is 0 Å². The molecule has 1 aliphatic heterocycles. The average Bonchev–Trinajstić information content (AvgIpc) is 3.26. The van der Waals surface area contributed by atoms with Gasteiger partial charge in [0.15, 0.2) is 0 Å². The van der Waals surface area contributed by atoms with Gasteiger partial charge in [0, 0.05) is 19.0 Å². The summed E-state index contributed by atoms with van der Waals surface area (Å²) in [7, 11) is 0. The zero-order valence-electron chi connectivity index (χ0n) is 19.3. The fourth-order valence-electron chi connectivity index (χ4n) is 3.47. The molecule has 0 aliphatic carbocycles. The Bertz CT molecular complexity index is 1140. The van der Waals surface area contributed by atoms with Crippen molar-refractivity contribution in [1.29, 1.82) is 0 Å². The summed E-state index contributed by atoms with van der Waals surface area (Å²) in [5, 5.41) is 19.1. The third-order valence-corrected chi connectivity index (χ3v) is 5.05. The van der Waals surface area contributed by atoms with Gasteiger partial charge in [-0.3, -0.25) is 14.9 Å². The number of carbonyl (C=O) groups excluding carboxylic acids is 3. The molecule has 2 heterocycles. The van der Waals surface area contributed by atoms with Crippen LogP contribution in [0.3, 0.4) is 0 Å². The van der Waals surface area contributed by atoms with Gasteiger partial charge in [0.1, 0.15) is 29.9 Å². The van der Waals surface area contributed by atoms with Crippen molar-refractivity contribution in [2.24, 2.45) is 0 Å². The highest BCUT2D eigenvalue weighted by Gasteiger charge is 2.36. The second-order valence-electron chi connectivity index (χ2n) is 7.56. The second-order valence-corrected chi connectivity index (χ2v) is 7.56. The number of urea groups is 1. The maximum atomic E-state index is 12.7. The van der Waals surface area contributed by atoms with E-state index in [1.165, 1.54) is 6.07 Å². The third-order valence-electron chi connectivity index (χ3n) is 5.05. The number of nitro benzene ring substituents is 1. The summed E-state index contributed by atoms with van der Waals surface area (Å²) in [5.41, 5.74) is 0.465. The van der Waals surface area contributed by atoms with Crippen LogP contribution in [0, 0.1) is 17.0 Å². The van der Waals surface area contributed by atoms with Crippen LogP contribution in [0.25, 0.3) is 0 Å². The van der Waals surface area contributed by atoms with E-state index in [2.05, 4.69) is 16.0 Å². The molecule has 0 bridgehead atoms. The smallest absolute Gasteiger partial charge is 0.338 e. The lowest BCUT2D eigenvalue weighted by Gasteiger charge is -2.27. The number of ether oxygens (including phenoxy) is 2. The standard InChI is InChI=1S/C23H26N4O8/c1-3-33-22(29)20-16(25-23(30)26-21(20)18-11-10-14(2)35-18)13-34-19(28)9-6-12-24-15-7-4-5-8-17(15)27(31)32/h4-5,7-8,10-11,21,24H,3,6,9,12-13H2,1-2H3,(H2,25,26,30). The van der Waals surface area contributed by atoms with E-state index in [9.17, 15) is 24.5 Å². The van der Waals surface area contributed by atoms with Crippen molar-refractivity contribution in [1.82, 2.24) is 10.6 Å². The lowest BCUT2D eigenvalue weighted by atomic mass is 10.0. The lowest BCUT2D eigenvalue weighted by molar-refractivity contribution is -0.384. The van der Waals surface area contributed by atoms with Gasteiger partial charge < -0.3 is 29.8 Å². The van der Waals surface area contributed by atoms with Gasteiger partial charge in [0.05, 0.1) is 22.8 Å². The third kappa shape index (κ3) is 6.59. The fourth-order valence-corrected chi connectivity index (χ4v) is 3.47. The van der Waals surface area contributed by atoms with Gasteiger partial charge in [-0.15, -0.1) is 0 Å². The highest BCUT2D eigenvalue weighted by molar-refractivity contribution is 5.95. The average molecular weight is 486 g/mol. The number of rotatable bonds is 11.